The Labute approximate surface area is 222 Å². The molecule has 0 bridgehead atoms. The Hall–Kier alpha value is -2.14. The summed E-state index contributed by atoms with van der Waals surface area (Å²) < 4.78 is 0. The first-order valence-corrected chi connectivity index (χ1v) is 15.0. The van der Waals surface area contributed by atoms with Crippen LogP contribution in [-0.4, -0.2) is 49.0 Å². The number of hydrogen-bond acceptors (Lipinski definition) is 5. The van der Waals surface area contributed by atoms with Crippen molar-refractivity contribution in [3.8, 4) is 0 Å². The van der Waals surface area contributed by atoms with Crippen molar-refractivity contribution >= 4 is 28.5 Å². The van der Waals surface area contributed by atoms with E-state index in [9.17, 15) is 14.7 Å². The van der Waals surface area contributed by atoms with E-state index in [4.69, 9.17) is 0 Å². The molecule has 1 N–H and O–H groups in total. The minimum Gasteiger partial charge on any atom is -0.393 e. The molecule has 0 spiro atoms. The fourth-order valence-electron chi connectivity index (χ4n) is 7.87. The van der Waals surface area contributed by atoms with Gasteiger partial charge in [0.25, 0.3) is 0 Å². The van der Waals surface area contributed by atoms with Crippen molar-refractivity contribution < 1.29 is 14.7 Å². The molecule has 37 heavy (non-hydrogen) atoms. The number of ketones is 2. The predicted molar refractivity (Wildman–Crippen MR) is 149 cm³/mol. The molecule has 2 aliphatic heterocycles. The molecule has 5 nitrogen and oxygen atoms in total. The summed E-state index contributed by atoms with van der Waals surface area (Å²) in [6.45, 7) is 6.70. The standard InChI is InChI=1S/C32H44N2O3/c1-20-30-27(18-24(21-8-9-21)19-28(30)34-16-3-4-17-34)33(2)31(20)32(37)23-6-5-7-26(29(36)15-12-23)22-10-13-25(35)14-11-22/h18-19,21-23,25-26,31,35H,1,3-17H2,2H3. The van der Waals surface area contributed by atoms with E-state index < -0.39 is 0 Å². The molecule has 3 atom stereocenters. The third kappa shape index (κ3) is 4.77. The summed E-state index contributed by atoms with van der Waals surface area (Å²) in [5.41, 5.74) is 6.03. The molecule has 6 rings (SSSR count). The maximum absolute atomic E-state index is 14.1. The average Bonchev–Trinajstić information content (AvgIpc) is 3.53. The highest BCUT2D eigenvalue weighted by Gasteiger charge is 2.42. The molecule has 0 radical (unpaired) electrons. The van der Waals surface area contributed by atoms with Gasteiger partial charge in [0.2, 0.25) is 0 Å². The van der Waals surface area contributed by atoms with E-state index in [-0.39, 0.29) is 29.8 Å². The molecule has 2 heterocycles. The topological polar surface area (TPSA) is 60.9 Å². The molecule has 4 fully saturated rings. The minimum absolute atomic E-state index is 0.0743. The molecule has 0 aromatic heterocycles. The maximum Gasteiger partial charge on any atom is 0.162 e. The predicted octanol–water partition coefficient (Wildman–Crippen LogP) is 5.88. The number of aliphatic hydroxyl groups excluding tert-OH is 1. The van der Waals surface area contributed by atoms with Crippen molar-refractivity contribution in [2.45, 2.75) is 102 Å². The van der Waals surface area contributed by atoms with Gasteiger partial charge in [-0.25, -0.2) is 0 Å². The van der Waals surface area contributed by atoms with Crippen molar-refractivity contribution in [1.82, 2.24) is 0 Å². The number of carbonyl (C=O) groups is 2. The average molecular weight is 505 g/mol. The number of fused-ring (bicyclic) bond motifs is 1. The van der Waals surface area contributed by atoms with E-state index in [1.165, 1.54) is 48.2 Å². The van der Waals surface area contributed by atoms with Crippen LogP contribution in [0.15, 0.2) is 18.7 Å². The lowest BCUT2D eigenvalue weighted by Crippen LogP contribution is -2.40. The van der Waals surface area contributed by atoms with E-state index in [0.717, 1.165) is 63.6 Å². The molecular formula is C32H44N2O3. The van der Waals surface area contributed by atoms with Crippen LogP contribution in [0.4, 0.5) is 11.4 Å². The van der Waals surface area contributed by atoms with Crippen LogP contribution in [-0.2, 0) is 9.59 Å². The lowest BCUT2D eigenvalue weighted by Gasteiger charge is -2.34. The molecule has 3 unspecified atom stereocenters. The first-order valence-electron chi connectivity index (χ1n) is 15.0. The Morgan fingerprint density at radius 1 is 0.919 bits per heavy atom. The highest BCUT2D eigenvalue weighted by molar-refractivity contribution is 6.08. The van der Waals surface area contributed by atoms with Crippen LogP contribution in [0, 0.1) is 17.8 Å². The largest absolute Gasteiger partial charge is 0.393 e. The summed E-state index contributed by atoms with van der Waals surface area (Å²) in [6.07, 6.45) is 12.3. The van der Waals surface area contributed by atoms with Crippen LogP contribution in [0.5, 0.6) is 0 Å². The molecule has 3 saturated carbocycles. The molecule has 1 aromatic carbocycles. The van der Waals surface area contributed by atoms with Crippen LogP contribution in [0.25, 0.3) is 5.57 Å². The zero-order valence-electron chi connectivity index (χ0n) is 22.6. The van der Waals surface area contributed by atoms with Gasteiger partial charge in [-0.15, -0.1) is 0 Å². The number of carbonyl (C=O) groups excluding carboxylic acids is 2. The summed E-state index contributed by atoms with van der Waals surface area (Å²) in [7, 11) is 2.08. The zero-order chi connectivity index (χ0) is 25.7. The van der Waals surface area contributed by atoms with Gasteiger partial charge in [0.05, 0.1) is 6.10 Å². The van der Waals surface area contributed by atoms with Gasteiger partial charge < -0.3 is 14.9 Å². The monoisotopic (exact) mass is 504 g/mol. The summed E-state index contributed by atoms with van der Waals surface area (Å²) in [5, 5.41) is 9.89. The fraction of sp³-hybridized carbons (Fsp3) is 0.688. The van der Waals surface area contributed by atoms with Crippen molar-refractivity contribution in [2.75, 3.05) is 29.9 Å². The van der Waals surface area contributed by atoms with E-state index >= 15 is 0 Å². The van der Waals surface area contributed by atoms with Crippen molar-refractivity contribution in [1.29, 1.82) is 0 Å². The van der Waals surface area contributed by atoms with Crippen LogP contribution >= 0.6 is 0 Å². The molecule has 1 aromatic rings. The summed E-state index contributed by atoms with van der Waals surface area (Å²) in [4.78, 5) is 32.0. The summed E-state index contributed by atoms with van der Waals surface area (Å²) in [5.74, 6) is 1.75. The van der Waals surface area contributed by atoms with Crippen LogP contribution in [0.2, 0.25) is 0 Å². The quantitative estimate of drug-likeness (QED) is 0.542. The zero-order valence-corrected chi connectivity index (χ0v) is 22.6. The Bertz CT molecular complexity index is 1060. The van der Waals surface area contributed by atoms with Gasteiger partial charge in [0.1, 0.15) is 11.8 Å². The third-order valence-corrected chi connectivity index (χ3v) is 10.2. The Morgan fingerprint density at radius 3 is 2.32 bits per heavy atom. The van der Waals surface area contributed by atoms with Gasteiger partial charge in [-0.05, 0) is 106 Å². The molecule has 5 heteroatoms. The van der Waals surface area contributed by atoms with Crippen molar-refractivity contribution in [3.63, 3.8) is 0 Å². The summed E-state index contributed by atoms with van der Waals surface area (Å²) in [6, 6.07) is 4.41. The van der Waals surface area contributed by atoms with Gasteiger partial charge in [0.15, 0.2) is 5.78 Å². The van der Waals surface area contributed by atoms with E-state index in [0.29, 0.717) is 30.5 Å². The highest BCUT2D eigenvalue weighted by Crippen LogP contribution is 2.51. The Kier molecular flexibility index (Phi) is 6.94. The molecule has 3 aliphatic carbocycles. The second kappa shape index (κ2) is 10.2. The number of hydrogen-bond donors (Lipinski definition) is 1. The van der Waals surface area contributed by atoms with Crippen LogP contribution in [0.3, 0.4) is 0 Å². The van der Waals surface area contributed by atoms with Gasteiger partial charge in [-0.1, -0.05) is 13.0 Å². The molecule has 200 valence electrons. The maximum atomic E-state index is 14.1. The Morgan fingerprint density at radius 2 is 1.62 bits per heavy atom. The lowest BCUT2D eigenvalue weighted by atomic mass is 9.72. The lowest BCUT2D eigenvalue weighted by molar-refractivity contribution is -0.128. The van der Waals surface area contributed by atoms with E-state index in [1.54, 1.807) is 0 Å². The van der Waals surface area contributed by atoms with Crippen LogP contribution in [0.1, 0.15) is 101 Å². The van der Waals surface area contributed by atoms with Crippen LogP contribution < -0.4 is 9.80 Å². The first kappa shape index (κ1) is 25.2. The molecule has 0 amide bonds. The number of anilines is 2. The minimum atomic E-state index is -0.319. The number of rotatable bonds is 5. The molecular weight excluding hydrogens is 460 g/mol. The van der Waals surface area contributed by atoms with Gasteiger partial charge in [0, 0.05) is 55.3 Å². The van der Waals surface area contributed by atoms with Crippen molar-refractivity contribution in [3.05, 3.63) is 29.8 Å². The third-order valence-electron chi connectivity index (χ3n) is 10.2. The molecule has 1 saturated heterocycles. The van der Waals surface area contributed by atoms with Gasteiger partial charge in [-0.2, -0.15) is 0 Å². The fourth-order valence-corrected chi connectivity index (χ4v) is 7.87. The molecule has 5 aliphatic rings. The van der Waals surface area contributed by atoms with Gasteiger partial charge >= 0.3 is 0 Å². The number of aliphatic hydroxyl groups is 1. The second-order valence-corrected chi connectivity index (χ2v) is 12.7. The smallest absolute Gasteiger partial charge is 0.162 e. The number of benzene rings is 1. The number of Topliss-reactive ketones (excluding diaryl/α,β-unsaturated/α-hetero) is 2. The number of nitrogens with zero attached hydrogens (tertiary/aromatic N) is 2. The normalized spacial score (nSPS) is 32.9. The Balaban J connectivity index is 1.19. The second-order valence-electron chi connectivity index (χ2n) is 12.7. The number of likely N-dealkylation sites (N-methyl/N-ethyl adjacent to an activating group) is 1. The SMILES string of the molecule is C=C1c2c(N3CCCC3)cc(C3CC3)cc2N(C)C1C(=O)C1CCCC(C2CCC(O)CC2)C(=O)CC1. The summed E-state index contributed by atoms with van der Waals surface area (Å²) >= 11 is 0. The van der Waals surface area contributed by atoms with E-state index in [1.807, 2.05) is 0 Å². The first-order chi connectivity index (χ1) is 17.9. The highest BCUT2D eigenvalue weighted by atomic mass is 16.3. The van der Waals surface area contributed by atoms with Crippen molar-refractivity contribution in [2.24, 2.45) is 17.8 Å². The van der Waals surface area contributed by atoms with E-state index in [2.05, 4.69) is 35.6 Å². The van der Waals surface area contributed by atoms with Gasteiger partial charge in [-0.3, -0.25) is 9.59 Å².